The van der Waals surface area contributed by atoms with Gasteiger partial charge in [0.15, 0.2) is 5.96 Å². The van der Waals surface area contributed by atoms with Gasteiger partial charge in [-0.05, 0) is 58.4 Å². The number of carbonyl (C=O) groups is 1. The number of halogens is 1. The van der Waals surface area contributed by atoms with Gasteiger partial charge in [-0.25, -0.2) is 4.79 Å². The van der Waals surface area contributed by atoms with E-state index in [-0.39, 0.29) is 24.0 Å². The summed E-state index contributed by atoms with van der Waals surface area (Å²) in [6, 6.07) is 14.1. The maximum absolute atomic E-state index is 12.0. The molecule has 1 aromatic carbocycles. The summed E-state index contributed by atoms with van der Waals surface area (Å²) in [6.07, 6.45) is 1.35. The zero-order valence-corrected chi connectivity index (χ0v) is 21.5. The summed E-state index contributed by atoms with van der Waals surface area (Å²) in [6.45, 7) is 10.5. The Hall–Kier alpha value is -2.36. The zero-order valence-electron chi connectivity index (χ0n) is 19.2. The van der Waals surface area contributed by atoms with Crippen LogP contribution in [-0.4, -0.2) is 41.8 Å². The standard InChI is InChI=1S/C23H33N5O2.HI/c1-22(2,3)30-21(29)28-23(4,5)16-27-20(24-6)26-15-17-10-9-11-18(14-17)19-12-7-8-13-25-19;/h7-14H,15-16H2,1-6H3,(H,28,29)(H2,24,26,27);1H. The van der Waals surface area contributed by atoms with Crippen molar-refractivity contribution in [3.63, 3.8) is 0 Å². The minimum atomic E-state index is -0.533. The third-order valence-corrected chi connectivity index (χ3v) is 4.11. The first-order valence-corrected chi connectivity index (χ1v) is 10.0. The third-order valence-electron chi connectivity index (χ3n) is 4.11. The van der Waals surface area contributed by atoms with Gasteiger partial charge in [0.05, 0.1) is 11.2 Å². The lowest BCUT2D eigenvalue weighted by atomic mass is 10.1. The molecule has 7 nitrogen and oxygen atoms in total. The van der Waals surface area contributed by atoms with Gasteiger partial charge in [-0.3, -0.25) is 9.98 Å². The van der Waals surface area contributed by atoms with Gasteiger partial charge >= 0.3 is 6.09 Å². The molecule has 0 atom stereocenters. The number of alkyl carbamates (subject to hydrolysis) is 1. The lowest BCUT2D eigenvalue weighted by molar-refractivity contribution is 0.0474. The lowest BCUT2D eigenvalue weighted by Crippen LogP contribution is -2.54. The van der Waals surface area contributed by atoms with E-state index in [0.717, 1.165) is 16.8 Å². The molecule has 0 aliphatic rings. The highest BCUT2D eigenvalue weighted by Crippen LogP contribution is 2.17. The Morgan fingerprint density at radius 2 is 1.81 bits per heavy atom. The van der Waals surface area contributed by atoms with Crippen LogP contribution in [0.15, 0.2) is 53.7 Å². The SMILES string of the molecule is CN=C(NCc1cccc(-c2ccccn2)c1)NCC(C)(C)NC(=O)OC(C)(C)C.I. The van der Waals surface area contributed by atoms with E-state index in [4.69, 9.17) is 4.74 Å². The van der Waals surface area contributed by atoms with E-state index in [9.17, 15) is 4.79 Å². The first-order chi connectivity index (χ1) is 14.1. The number of aromatic nitrogens is 1. The number of ether oxygens (including phenoxy) is 1. The summed E-state index contributed by atoms with van der Waals surface area (Å²) in [5.74, 6) is 0.650. The van der Waals surface area contributed by atoms with E-state index in [0.29, 0.717) is 19.0 Å². The van der Waals surface area contributed by atoms with Crippen molar-refractivity contribution in [2.45, 2.75) is 52.3 Å². The van der Waals surface area contributed by atoms with Crippen LogP contribution >= 0.6 is 24.0 Å². The van der Waals surface area contributed by atoms with E-state index < -0.39 is 17.2 Å². The van der Waals surface area contributed by atoms with Crippen LogP contribution in [0, 0.1) is 0 Å². The summed E-state index contributed by atoms with van der Waals surface area (Å²) in [5, 5.41) is 9.43. The first-order valence-electron chi connectivity index (χ1n) is 10.0. The van der Waals surface area contributed by atoms with E-state index in [1.165, 1.54) is 0 Å². The summed E-state index contributed by atoms with van der Waals surface area (Å²) >= 11 is 0. The molecule has 2 rings (SSSR count). The number of rotatable bonds is 6. The van der Waals surface area contributed by atoms with Crippen LogP contribution in [0.25, 0.3) is 11.3 Å². The summed E-state index contributed by atoms with van der Waals surface area (Å²) in [5.41, 5.74) is 2.08. The molecule has 2 aromatic rings. The van der Waals surface area contributed by atoms with Gasteiger partial charge in [0, 0.05) is 31.9 Å². The number of guanidine groups is 1. The Morgan fingerprint density at radius 3 is 2.42 bits per heavy atom. The maximum Gasteiger partial charge on any atom is 0.408 e. The number of carbonyl (C=O) groups excluding carboxylic acids is 1. The number of nitrogens with zero attached hydrogens (tertiary/aromatic N) is 2. The van der Waals surface area contributed by atoms with E-state index in [1.54, 1.807) is 13.2 Å². The van der Waals surface area contributed by atoms with Crippen molar-refractivity contribution in [1.82, 2.24) is 20.9 Å². The fraction of sp³-hybridized carbons (Fsp3) is 0.435. The summed E-state index contributed by atoms with van der Waals surface area (Å²) in [4.78, 5) is 20.7. The molecular formula is C23H34IN5O2. The Morgan fingerprint density at radius 1 is 1.06 bits per heavy atom. The number of hydrogen-bond donors (Lipinski definition) is 3. The minimum absolute atomic E-state index is 0. The van der Waals surface area contributed by atoms with Gasteiger partial charge in [-0.1, -0.05) is 24.3 Å². The van der Waals surface area contributed by atoms with Gasteiger partial charge in [0.25, 0.3) is 0 Å². The van der Waals surface area contributed by atoms with Gasteiger partial charge < -0.3 is 20.7 Å². The van der Waals surface area contributed by atoms with Crippen LogP contribution in [0.5, 0.6) is 0 Å². The van der Waals surface area contributed by atoms with Gasteiger partial charge in [0.2, 0.25) is 0 Å². The molecule has 0 radical (unpaired) electrons. The van der Waals surface area contributed by atoms with Crippen molar-refractivity contribution < 1.29 is 9.53 Å². The number of aliphatic imine (C=N–C) groups is 1. The topological polar surface area (TPSA) is 87.6 Å². The highest BCUT2D eigenvalue weighted by Gasteiger charge is 2.24. The average Bonchev–Trinajstić information content (AvgIpc) is 2.67. The number of benzene rings is 1. The molecule has 170 valence electrons. The number of pyridine rings is 1. The second kappa shape index (κ2) is 11.9. The minimum Gasteiger partial charge on any atom is -0.444 e. The predicted molar refractivity (Wildman–Crippen MR) is 137 cm³/mol. The molecule has 0 aliphatic heterocycles. The maximum atomic E-state index is 12.0. The van der Waals surface area contributed by atoms with E-state index >= 15 is 0 Å². The second-order valence-corrected chi connectivity index (χ2v) is 8.71. The van der Waals surface area contributed by atoms with Crippen LogP contribution in [-0.2, 0) is 11.3 Å². The molecule has 0 spiro atoms. The Bertz CT molecular complexity index is 864. The molecule has 1 heterocycles. The molecular weight excluding hydrogens is 505 g/mol. The zero-order chi connectivity index (χ0) is 22.2. The summed E-state index contributed by atoms with van der Waals surface area (Å²) < 4.78 is 5.33. The smallest absolute Gasteiger partial charge is 0.408 e. The highest BCUT2D eigenvalue weighted by molar-refractivity contribution is 14.0. The molecule has 0 unspecified atom stereocenters. The molecule has 0 saturated carbocycles. The molecule has 1 aromatic heterocycles. The van der Waals surface area contributed by atoms with Crippen molar-refractivity contribution in [2.75, 3.05) is 13.6 Å². The third kappa shape index (κ3) is 9.99. The molecule has 0 bridgehead atoms. The summed E-state index contributed by atoms with van der Waals surface area (Å²) in [7, 11) is 1.72. The van der Waals surface area contributed by atoms with E-state index in [1.807, 2.05) is 65.0 Å². The van der Waals surface area contributed by atoms with E-state index in [2.05, 4.69) is 38.1 Å². The second-order valence-electron chi connectivity index (χ2n) is 8.71. The first kappa shape index (κ1) is 26.7. The van der Waals surface area contributed by atoms with Gasteiger partial charge in [-0.15, -0.1) is 24.0 Å². The normalized spacial score (nSPS) is 11.9. The monoisotopic (exact) mass is 539 g/mol. The van der Waals surface area contributed by atoms with Crippen molar-refractivity contribution in [3.05, 3.63) is 54.2 Å². The van der Waals surface area contributed by atoms with Gasteiger partial charge in [-0.2, -0.15) is 0 Å². The van der Waals surface area contributed by atoms with Crippen molar-refractivity contribution in [2.24, 2.45) is 4.99 Å². The van der Waals surface area contributed by atoms with Crippen LogP contribution in [0.1, 0.15) is 40.2 Å². The fourth-order valence-electron chi connectivity index (χ4n) is 2.71. The number of amides is 1. The molecule has 8 heteroatoms. The highest BCUT2D eigenvalue weighted by atomic mass is 127. The average molecular weight is 539 g/mol. The van der Waals surface area contributed by atoms with Crippen molar-refractivity contribution >= 4 is 36.0 Å². The molecule has 1 amide bonds. The Kier molecular flexibility index (Phi) is 10.2. The number of hydrogen-bond acceptors (Lipinski definition) is 4. The van der Waals surface area contributed by atoms with Crippen LogP contribution in [0.2, 0.25) is 0 Å². The van der Waals surface area contributed by atoms with Gasteiger partial charge in [0.1, 0.15) is 5.60 Å². The molecule has 0 saturated heterocycles. The Balaban J connectivity index is 0.00000480. The predicted octanol–water partition coefficient (Wildman–Crippen LogP) is 4.33. The van der Waals surface area contributed by atoms with Crippen LogP contribution in [0.3, 0.4) is 0 Å². The van der Waals surface area contributed by atoms with Crippen molar-refractivity contribution in [1.29, 1.82) is 0 Å². The lowest BCUT2D eigenvalue weighted by Gasteiger charge is -2.29. The number of nitrogens with one attached hydrogen (secondary N) is 3. The fourth-order valence-corrected chi connectivity index (χ4v) is 2.71. The molecule has 3 N–H and O–H groups in total. The van der Waals surface area contributed by atoms with Crippen LogP contribution in [0.4, 0.5) is 4.79 Å². The molecule has 31 heavy (non-hydrogen) atoms. The largest absolute Gasteiger partial charge is 0.444 e. The Labute approximate surface area is 202 Å². The van der Waals surface area contributed by atoms with Crippen LogP contribution < -0.4 is 16.0 Å². The molecule has 0 fully saturated rings. The quantitative estimate of drug-likeness (QED) is 0.289. The molecule has 0 aliphatic carbocycles. The van der Waals surface area contributed by atoms with Crippen molar-refractivity contribution in [3.8, 4) is 11.3 Å².